The van der Waals surface area contributed by atoms with Gasteiger partial charge in [-0.25, -0.2) is 0 Å². The molecule has 4 heteroatoms. The maximum absolute atomic E-state index is 5.49. The van der Waals surface area contributed by atoms with E-state index in [2.05, 4.69) is 29.5 Å². The number of likely N-dealkylation sites (tertiary alicyclic amines) is 1. The Morgan fingerprint density at radius 2 is 2.39 bits per heavy atom. The van der Waals surface area contributed by atoms with E-state index in [1.165, 1.54) is 38.9 Å². The van der Waals surface area contributed by atoms with Crippen LogP contribution in [0.25, 0.3) is 0 Å². The van der Waals surface area contributed by atoms with Crippen molar-refractivity contribution in [3.63, 3.8) is 0 Å². The minimum absolute atomic E-state index is 0.537. The van der Waals surface area contributed by atoms with Crippen LogP contribution >= 0.6 is 0 Å². The smallest absolute Gasteiger partial charge is 0.0620 e. The standard InChI is InChI=1S/C14H29N3O/c1-12(8-14-11-18-7-5-15-14)16-9-13-4-3-6-17(2)10-13/h12-16H,3-11H2,1-2H3. The molecule has 2 rings (SSSR count). The van der Waals surface area contributed by atoms with Gasteiger partial charge in [0.1, 0.15) is 0 Å². The normalized spacial score (nSPS) is 32.3. The Morgan fingerprint density at radius 1 is 1.50 bits per heavy atom. The molecule has 3 atom stereocenters. The van der Waals surface area contributed by atoms with Crippen LogP contribution in [-0.4, -0.2) is 63.4 Å². The number of piperidine rings is 1. The number of hydrogen-bond acceptors (Lipinski definition) is 4. The Labute approximate surface area is 111 Å². The van der Waals surface area contributed by atoms with Crippen molar-refractivity contribution in [2.24, 2.45) is 5.92 Å². The predicted molar refractivity (Wildman–Crippen MR) is 74.9 cm³/mol. The highest BCUT2D eigenvalue weighted by Gasteiger charge is 2.19. The summed E-state index contributed by atoms with van der Waals surface area (Å²) in [5.74, 6) is 0.835. The van der Waals surface area contributed by atoms with E-state index in [4.69, 9.17) is 4.74 Å². The maximum atomic E-state index is 5.49. The number of nitrogens with zero attached hydrogens (tertiary/aromatic N) is 1. The van der Waals surface area contributed by atoms with E-state index in [0.717, 1.165) is 25.7 Å². The van der Waals surface area contributed by atoms with Gasteiger partial charge in [0.2, 0.25) is 0 Å². The molecular weight excluding hydrogens is 226 g/mol. The number of morpholine rings is 1. The summed E-state index contributed by atoms with van der Waals surface area (Å²) in [6.07, 6.45) is 3.91. The molecule has 2 heterocycles. The Bertz CT molecular complexity index is 231. The zero-order chi connectivity index (χ0) is 12.8. The van der Waals surface area contributed by atoms with Crippen LogP contribution in [0.4, 0.5) is 0 Å². The molecule has 2 aliphatic rings. The molecule has 2 fully saturated rings. The van der Waals surface area contributed by atoms with Crippen molar-refractivity contribution in [2.75, 3.05) is 46.4 Å². The molecule has 0 aliphatic carbocycles. The maximum Gasteiger partial charge on any atom is 0.0620 e. The molecule has 0 amide bonds. The first-order valence-electron chi connectivity index (χ1n) is 7.47. The summed E-state index contributed by atoms with van der Waals surface area (Å²) in [5.41, 5.74) is 0. The molecular formula is C14H29N3O. The van der Waals surface area contributed by atoms with Crippen molar-refractivity contribution < 1.29 is 4.74 Å². The second-order valence-electron chi connectivity index (χ2n) is 6.04. The van der Waals surface area contributed by atoms with Crippen molar-refractivity contribution in [1.82, 2.24) is 15.5 Å². The van der Waals surface area contributed by atoms with Crippen LogP contribution in [0.5, 0.6) is 0 Å². The van der Waals surface area contributed by atoms with E-state index < -0.39 is 0 Å². The molecule has 0 radical (unpaired) electrons. The third-order valence-corrected chi connectivity index (χ3v) is 4.11. The minimum Gasteiger partial charge on any atom is -0.379 e. The number of rotatable bonds is 5. The number of nitrogens with one attached hydrogen (secondary N) is 2. The molecule has 2 saturated heterocycles. The fourth-order valence-corrected chi connectivity index (χ4v) is 3.09. The SMILES string of the molecule is CC(CC1COCCN1)NCC1CCCN(C)C1. The summed E-state index contributed by atoms with van der Waals surface area (Å²) in [6, 6.07) is 1.12. The summed E-state index contributed by atoms with van der Waals surface area (Å²) in [7, 11) is 2.23. The summed E-state index contributed by atoms with van der Waals surface area (Å²) < 4.78 is 5.49. The molecule has 106 valence electrons. The predicted octanol–water partition coefficient (Wildman–Crippen LogP) is 0.685. The topological polar surface area (TPSA) is 36.5 Å². The van der Waals surface area contributed by atoms with E-state index in [1.54, 1.807) is 0 Å². The summed E-state index contributed by atoms with van der Waals surface area (Å²) in [4.78, 5) is 2.46. The first-order valence-corrected chi connectivity index (χ1v) is 7.47. The average Bonchev–Trinajstić information content (AvgIpc) is 2.38. The van der Waals surface area contributed by atoms with E-state index in [0.29, 0.717) is 12.1 Å². The van der Waals surface area contributed by atoms with Crippen molar-refractivity contribution in [2.45, 2.75) is 38.3 Å². The quantitative estimate of drug-likeness (QED) is 0.758. The van der Waals surface area contributed by atoms with Gasteiger partial charge in [-0.15, -0.1) is 0 Å². The van der Waals surface area contributed by atoms with Crippen LogP contribution < -0.4 is 10.6 Å². The monoisotopic (exact) mass is 255 g/mol. The van der Waals surface area contributed by atoms with Crippen LogP contribution in [-0.2, 0) is 4.74 Å². The Morgan fingerprint density at radius 3 is 3.11 bits per heavy atom. The highest BCUT2D eigenvalue weighted by atomic mass is 16.5. The van der Waals surface area contributed by atoms with Gasteiger partial charge in [0.25, 0.3) is 0 Å². The lowest BCUT2D eigenvalue weighted by molar-refractivity contribution is 0.0708. The molecule has 0 aromatic rings. The van der Waals surface area contributed by atoms with E-state index >= 15 is 0 Å². The lowest BCUT2D eigenvalue weighted by atomic mass is 9.98. The third kappa shape index (κ3) is 4.84. The minimum atomic E-state index is 0.537. The van der Waals surface area contributed by atoms with Crippen LogP contribution in [0, 0.1) is 5.92 Å². The molecule has 0 spiro atoms. The van der Waals surface area contributed by atoms with Crippen LogP contribution in [0.3, 0.4) is 0 Å². The van der Waals surface area contributed by atoms with Crippen LogP contribution in [0.15, 0.2) is 0 Å². The Kier molecular flexibility index (Phi) is 5.89. The van der Waals surface area contributed by atoms with Gasteiger partial charge in [-0.1, -0.05) is 0 Å². The average molecular weight is 255 g/mol. The first kappa shape index (κ1) is 14.3. The molecule has 4 nitrogen and oxygen atoms in total. The van der Waals surface area contributed by atoms with Gasteiger partial charge in [-0.05, 0) is 52.2 Å². The number of ether oxygens (including phenoxy) is 1. The number of hydrogen-bond donors (Lipinski definition) is 2. The molecule has 0 aromatic carbocycles. The van der Waals surface area contributed by atoms with Gasteiger partial charge >= 0.3 is 0 Å². The van der Waals surface area contributed by atoms with E-state index in [-0.39, 0.29) is 0 Å². The zero-order valence-electron chi connectivity index (χ0n) is 12.0. The van der Waals surface area contributed by atoms with Crippen molar-refractivity contribution in [3.8, 4) is 0 Å². The van der Waals surface area contributed by atoms with Gasteiger partial charge in [-0.3, -0.25) is 0 Å². The second-order valence-corrected chi connectivity index (χ2v) is 6.04. The fourth-order valence-electron chi connectivity index (χ4n) is 3.09. The van der Waals surface area contributed by atoms with E-state index in [1.807, 2.05) is 0 Å². The molecule has 0 aromatic heterocycles. The zero-order valence-corrected chi connectivity index (χ0v) is 12.0. The fraction of sp³-hybridized carbons (Fsp3) is 1.00. The van der Waals surface area contributed by atoms with Crippen molar-refractivity contribution >= 4 is 0 Å². The highest BCUT2D eigenvalue weighted by molar-refractivity contribution is 4.78. The molecule has 0 bridgehead atoms. The van der Waals surface area contributed by atoms with Crippen molar-refractivity contribution in [1.29, 1.82) is 0 Å². The Balaban J connectivity index is 1.60. The Hall–Kier alpha value is -0.160. The van der Waals surface area contributed by atoms with Crippen LogP contribution in [0.2, 0.25) is 0 Å². The first-order chi connectivity index (χ1) is 8.74. The largest absolute Gasteiger partial charge is 0.379 e. The van der Waals surface area contributed by atoms with Gasteiger partial charge < -0.3 is 20.3 Å². The lowest BCUT2D eigenvalue weighted by Crippen LogP contribution is -2.46. The molecule has 18 heavy (non-hydrogen) atoms. The van der Waals surface area contributed by atoms with Gasteiger partial charge in [0, 0.05) is 25.2 Å². The highest BCUT2D eigenvalue weighted by Crippen LogP contribution is 2.14. The van der Waals surface area contributed by atoms with E-state index in [9.17, 15) is 0 Å². The van der Waals surface area contributed by atoms with Crippen LogP contribution in [0.1, 0.15) is 26.2 Å². The van der Waals surface area contributed by atoms with Crippen molar-refractivity contribution in [3.05, 3.63) is 0 Å². The summed E-state index contributed by atoms with van der Waals surface area (Å²) >= 11 is 0. The van der Waals surface area contributed by atoms with Gasteiger partial charge in [0.15, 0.2) is 0 Å². The lowest BCUT2D eigenvalue weighted by Gasteiger charge is -2.31. The third-order valence-electron chi connectivity index (χ3n) is 4.11. The molecule has 3 unspecified atom stereocenters. The molecule has 2 N–H and O–H groups in total. The van der Waals surface area contributed by atoms with Gasteiger partial charge in [-0.2, -0.15) is 0 Å². The molecule has 2 aliphatic heterocycles. The summed E-state index contributed by atoms with van der Waals surface area (Å²) in [5, 5.41) is 7.22. The second kappa shape index (κ2) is 7.43. The summed E-state index contributed by atoms with van der Waals surface area (Å²) in [6.45, 7) is 8.73. The van der Waals surface area contributed by atoms with Gasteiger partial charge in [0.05, 0.1) is 13.2 Å². The molecule has 0 saturated carbocycles.